The van der Waals surface area contributed by atoms with E-state index < -0.39 is 0 Å². The third kappa shape index (κ3) is 2.09. The van der Waals surface area contributed by atoms with Crippen LogP contribution in [-0.4, -0.2) is 24.3 Å². The highest BCUT2D eigenvalue weighted by Crippen LogP contribution is 2.47. The van der Waals surface area contributed by atoms with Crippen LogP contribution in [-0.2, 0) is 4.79 Å². The van der Waals surface area contributed by atoms with E-state index >= 15 is 0 Å². The van der Waals surface area contributed by atoms with Gasteiger partial charge in [-0.25, -0.2) is 0 Å². The number of rotatable bonds is 1. The van der Waals surface area contributed by atoms with Gasteiger partial charge in [0, 0.05) is 0 Å². The third-order valence-corrected chi connectivity index (χ3v) is 3.90. The summed E-state index contributed by atoms with van der Waals surface area (Å²) in [5, 5.41) is 0. The highest BCUT2D eigenvalue weighted by Gasteiger charge is 2.39. The highest BCUT2D eigenvalue weighted by molar-refractivity contribution is 6.54. The van der Waals surface area contributed by atoms with Crippen LogP contribution in [0.1, 0.15) is 43.0 Å². The molecular formula is C18H18N2O. The van der Waals surface area contributed by atoms with Crippen molar-refractivity contribution in [3.63, 3.8) is 0 Å². The zero-order valence-corrected chi connectivity index (χ0v) is 12.3. The van der Waals surface area contributed by atoms with Crippen molar-refractivity contribution < 1.29 is 4.79 Å². The summed E-state index contributed by atoms with van der Waals surface area (Å²) in [5.41, 5.74) is 5.38. The van der Waals surface area contributed by atoms with Gasteiger partial charge in [-0.3, -0.25) is 14.8 Å². The number of hydrogen-bond donors (Lipinski definition) is 0. The molecule has 0 radical (unpaired) electrons. The number of aliphatic imine (C=N–C) groups is 2. The average Bonchev–Trinajstić information content (AvgIpc) is 2.71. The van der Waals surface area contributed by atoms with Crippen LogP contribution in [0.4, 0.5) is 0 Å². The summed E-state index contributed by atoms with van der Waals surface area (Å²) in [6, 6.07) is 6.32. The van der Waals surface area contributed by atoms with E-state index in [1.165, 1.54) is 22.3 Å². The Morgan fingerprint density at radius 2 is 2.10 bits per heavy atom. The number of hydrogen-bond acceptors (Lipinski definition) is 3. The Morgan fingerprint density at radius 1 is 1.24 bits per heavy atom. The van der Waals surface area contributed by atoms with Crippen molar-refractivity contribution in [3.05, 3.63) is 47.0 Å². The molecular weight excluding hydrogens is 260 g/mol. The van der Waals surface area contributed by atoms with Gasteiger partial charge in [-0.15, -0.1) is 0 Å². The summed E-state index contributed by atoms with van der Waals surface area (Å²) >= 11 is 0. The Labute approximate surface area is 124 Å². The maximum absolute atomic E-state index is 10.9. The minimum absolute atomic E-state index is 0.0266. The molecule has 0 fully saturated rings. The molecule has 106 valence electrons. The Bertz CT molecular complexity index is 695. The Morgan fingerprint density at radius 3 is 2.90 bits per heavy atom. The SMILES string of the molecule is CC.O=CC1=NC2C3=CCC=Cc4cccc(c43)C2N=C1. The lowest BCUT2D eigenvalue weighted by Gasteiger charge is -2.17. The van der Waals surface area contributed by atoms with Gasteiger partial charge in [0.2, 0.25) is 0 Å². The van der Waals surface area contributed by atoms with E-state index in [9.17, 15) is 4.79 Å². The van der Waals surface area contributed by atoms with E-state index in [0.717, 1.165) is 12.7 Å². The second-order valence-electron chi connectivity index (χ2n) is 4.95. The topological polar surface area (TPSA) is 41.8 Å². The van der Waals surface area contributed by atoms with Crippen molar-refractivity contribution in [1.29, 1.82) is 0 Å². The van der Waals surface area contributed by atoms with Gasteiger partial charge < -0.3 is 0 Å². The van der Waals surface area contributed by atoms with Gasteiger partial charge in [0.1, 0.15) is 17.8 Å². The molecule has 0 aromatic heterocycles. The van der Waals surface area contributed by atoms with Crippen LogP contribution in [0.25, 0.3) is 11.6 Å². The van der Waals surface area contributed by atoms with E-state index in [0.29, 0.717) is 5.71 Å². The summed E-state index contributed by atoms with van der Waals surface area (Å²) < 4.78 is 0. The van der Waals surface area contributed by atoms with Gasteiger partial charge in [-0.05, 0) is 28.7 Å². The van der Waals surface area contributed by atoms with Crippen LogP contribution in [0, 0.1) is 0 Å². The van der Waals surface area contributed by atoms with E-state index in [2.05, 4.69) is 46.4 Å². The zero-order chi connectivity index (χ0) is 14.8. The standard InChI is InChI=1S/C16H12N2O.C2H6/c19-9-11-8-17-15-12-7-3-5-10-4-1-2-6-13(14(10)12)16(15)18-11;1-2/h1,3-9,15-16H,2H2;1-2H3. The van der Waals surface area contributed by atoms with E-state index in [-0.39, 0.29) is 12.1 Å². The fraction of sp³-hybridized carbons (Fsp3) is 0.278. The van der Waals surface area contributed by atoms with Crippen LogP contribution < -0.4 is 0 Å². The summed E-state index contributed by atoms with van der Waals surface area (Å²) in [7, 11) is 0. The molecule has 0 saturated heterocycles. The second-order valence-corrected chi connectivity index (χ2v) is 4.95. The second kappa shape index (κ2) is 5.60. The van der Waals surface area contributed by atoms with Gasteiger partial charge in [0.15, 0.2) is 6.29 Å². The van der Waals surface area contributed by atoms with Gasteiger partial charge >= 0.3 is 0 Å². The minimum Gasteiger partial charge on any atom is -0.296 e. The average molecular weight is 278 g/mol. The monoisotopic (exact) mass is 278 g/mol. The molecule has 2 atom stereocenters. The maximum atomic E-state index is 10.9. The first-order valence-electron chi connectivity index (χ1n) is 7.44. The molecule has 3 nitrogen and oxygen atoms in total. The molecule has 3 heteroatoms. The molecule has 0 spiro atoms. The van der Waals surface area contributed by atoms with E-state index in [1.54, 1.807) is 6.21 Å². The van der Waals surface area contributed by atoms with Crippen molar-refractivity contribution in [1.82, 2.24) is 0 Å². The molecule has 0 amide bonds. The van der Waals surface area contributed by atoms with Gasteiger partial charge in [0.25, 0.3) is 0 Å². The maximum Gasteiger partial charge on any atom is 0.169 e. The van der Waals surface area contributed by atoms with Crippen molar-refractivity contribution in [3.8, 4) is 0 Å². The molecule has 1 aromatic carbocycles. The molecule has 3 aliphatic rings. The molecule has 2 unspecified atom stereocenters. The lowest BCUT2D eigenvalue weighted by Crippen LogP contribution is -2.20. The van der Waals surface area contributed by atoms with Gasteiger partial charge in [0.05, 0.1) is 6.21 Å². The zero-order valence-electron chi connectivity index (χ0n) is 12.3. The fourth-order valence-electron chi connectivity index (χ4n) is 3.12. The molecule has 1 heterocycles. The molecule has 0 N–H and O–H groups in total. The molecule has 0 bridgehead atoms. The molecule has 4 rings (SSSR count). The normalized spacial score (nSPS) is 23.9. The lowest BCUT2D eigenvalue weighted by atomic mass is 10.0. The minimum atomic E-state index is -0.0266. The van der Waals surface area contributed by atoms with Crippen molar-refractivity contribution in [2.45, 2.75) is 32.4 Å². The number of fused-ring (bicyclic) bond motifs is 3. The quantitative estimate of drug-likeness (QED) is 0.723. The number of benzene rings is 1. The highest BCUT2D eigenvalue weighted by atomic mass is 16.1. The first-order valence-corrected chi connectivity index (χ1v) is 7.44. The van der Waals surface area contributed by atoms with E-state index in [1.807, 2.05) is 13.8 Å². The fourth-order valence-corrected chi connectivity index (χ4v) is 3.12. The van der Waals surface area contributed by atoms with Crippen molar-refractivity contribution >= 4 is 29.9 Å². The summed E-state index contributed by atoms with van der Waals surface area (Å²) in [6.07, 6.45) is 9.81. The number of carbonyl (C=O) groups is 1. The molecule has 21 heavy (non-hydrogen) atoms. The third-order valence-electron chi connectivity index (χ3n) is 3.90. The smallest absolute Gasteiger partial charge is 0.169 e. The van der Waals surface area contributed by atoms with Gasteiger partial charge in [-0.1, -0.05) is 50.3 Å². The van der Waals surface area contributed by atoms with Crippen molar-refractivity contribution in [2.75, 3.05) is 0 Å². The number of nitrogens with zero attached hydrogens (tertiary/aromatic N) is 2. The van der Waals surface area contributed by atoms with Crippen LogP contribution in [0.5, 0.6) is 0 Å². The number of aldehydes is 1. The predicted molar refractivity (Wildman–Crippen MR) is 87.9 cm³/mol. The molecule has 1 aromatic rings. The molecule has 0 saturated carbocycles. The Balaban J connectivity index is 0.000000636. The molecule has 2 aliphatic carbocycles. The summed E-state index contributed by atoms with van der Waals surface area (Å²) in [6.45, 7) is 4.00. The summed E-state index contributed by atoms with van der Waals surface area (Å²) in [4.78, 5) is 20.0. The Hall–Kier alpha value is -2.29. The van der Waals surface area contributed by atoms with Crippen LogP contribution in [0.3, 0.4) is 0 Å². The first kappa shape index (κ1) is 13.7. The number of carbonyl (C=O) groups excluding carboxylic acids is 1. The lowest BCUT2D eigenvalue weighted by molar-refractivity contribution is -0.102. The van der Waals surface area contributed by atoms with Crippen molar-refractivity contribution in [2.24, 2.45) is 9.98 Å². The van der Waals surface area contributed by atoms with Crippen LogP contribution in [0.2, 0.25) is 0 Å². The molecule has 1 aliphatic heterocycles. The van der Waals surface area contributed by atoms with E-state index in [4.69, 9.17) is 0 Å². The predicted octanol–water partition coefficient (Wildman–Crippen LogP) is 3.66. The number of allylic oxidation sites excluding steroid dienone is 2. The first-order chi connectivity index (χ1) is 10.4. The van der Waals surface area contributed by atoms with Crippen LogP contribution in [0.15, 0.2) is 40.3 Å². The Kier molecular flexibility index (Phi) is 3.65. The largest absolute Gasteiger partial charge is 0.296 e. The van der Waals surface area contributed by atoms with Crippen LogP contribution >= 0.6 is 0 Å². The van der Waals surface area contributed by atoms with Gasteiger partial charge in [-0.2, -0.15) is 0 Å². The summed E-state index contributed by atoms with van der Waals surface area (Å²) in [5.74, 6) is 0.